The van der Waals surface area contributed by atoms with E-state index in [1.165, 1.54) is 11.3 Å². The van der Waals surface area contributed by atoms with Gasteiger partial charge in [-0.1, -0.05) is 30.3 Å². The maximum absolute atomic E-state index is 12.3. The molecule has 0 unspecified atom stereocenters. The Morgan fingerprint density at radius 2 is 1.92 bits per heavy atom. The van der Waals surface area contributed by atoms with Gasteiger partial charge in [0.15, 0.2) is 5.13 Å². The summed E-state index contributed by atoms with van der Waals surface area (Å²) in [4.78, 5) is 30.2. The van der Waals surface area contributed by atoms with Gasteiger partial charge in [0.1, 0.15) is 0 Å². The summed E-state index contributed by atoms with van der Waals surface area (Å²) in [6, 6.07) is 9.71. The minimum absolute atomic E-state index is 0.00333. The Morgan fingerprint density at radius 3 is 2.58 bits per heavy atom. The summed E-state index contributed by atoms with van der Waals surface area (Å²) in [5.74, 6) is 0.0612. The van der Waals surface area contributed by atoms with E-state index in [1.54, 1.807) is 11.9 Å². The fraction of sp³-hybridized carbons (Fsp3) is 0.353. The molecule has 1 aromatic carbocycles. The van der Waals surface area contributed by atoms with Crippen LogP contribution < -0.4 is 10.6 Å². The Kier molecular flexibility index (Phi) is 5.10. The van der Waals surface area contributed by atoms with E-state index < -0.39 is 0 Å². The molecule has 2 aromatic rings. The van der Waals surface area contributed by atoms with Crippen LogP contribution in [0.5, 0.6) is 0 Å². The lowest BCUT2D eigenvalue weighted by Crippen LogP contribution is -2.44. The smallest absolute Gasteiger partial charge is 0.323 e. The number of amides is 3. The molecule has 24 heavy (non-hydrogen) atoms. The van der Waals surface area contributed by atoms with Crippen molar-refractivity contribution in [1.82, 2.24) is 15.2 Å². The van der Waals surface area contributed by atoms with Crippen LogP contribution in [-0.2, 0) is 4.79 Å². The van der Waals surface area contributed by atoms with Gasteiger partial charge in [0.25, 0.3) is 0 Å². The first kappa shape index (κ1) is 16.4. The summed E-state index contributed by atoms with van der Waals surface area (Å²) in [5.41, 5.74) is 1.88. The Bertz CT molecular complexity index is 708. The molecule has 0 radical (unpaired) electrons. The van der Waals surface area contributed by atoms with Gasteiger partial charge >= 0.3 is 6.03 Å². The van der Waals surface area contributed by atoms with Gasteiger partial charge in [-0.2, -0.15) is 0 Å². The number of benzene rings is 1. The first-order valence-electron chi connectivity index (χ1n) is 7.96. The van der Waals surface area contributed by atoms with E-state index >= 15 is 0 Å². The SMILES string of the molecule is CNC(=O)C1CCN(C(=O)Nc2nc(-c3ccccc3)cs2)CC1. The molecule has 1 saturated heterocycles. The third-order valence-corrected chi connectivity index (χ3v) is 4.94. The number of hydrogen-bond donors (Lipinski definition) is 2. The minimum atomic E-state index is -0.153. The average molecular weight is 344 g/mol. The van der Waals surface area contributed by atoms with Crippen LogP contribution >= 0.6 is 11.3 Å². The van der Waals surface area contributed by atoms with Crippen LogP contribution in [0.25, 0.3) is 11.3 Å². The van der Waals surface area contributed by atoms with Gasteiger partial charge < -0.3 is 10.2 Å². The number of likely N-dealkylation sites (tertiary alicyclic amines) is 1. The zero-order chi connectivity index (χ0) is 16.9. The molecule has 126 valence electrons. The normalized spacial score (nSPS) is 15.1. The molecule has 3 rings (SSSR count). The van der Waals surface area contributed by atoms with Crippen molar-refractivity contribution in [1.29, 1.82) is 0 Å². The molecule has 2 N–H and O–H groups in total. The summed E-state index contributed by atoms with van der Waals surface area (Å²) >= 11 is 1.41. The highest BCUT2D eigenvalue weighted by Gasteiger charge is 2.27. The van der Waals surface area contributed by atoms with E-state index in [4.69, 9.17) is 0 Å². The van der Waals surface area contributed by atoms with Gasteiger partial charge in [0.2, 0.25) is 5.91 Å². The molecule has 7 heteroatoms. The van der Waals surface area contributed by atoms with Gasteiger partial charge in [-0.05, 0) is 12.8 Å². The number of carbonyl (C=O) groups is 2. The number of anilines is 1. The number of rotatable bonds is 3. The van der Waals surface area contributed by atoms with Crippen molar-refractivity contribution in [2.24, 2.45) is 5.92 Å². The zero-order valence-corrected chi connectivity index (χ0v) is 14.3. The van der Waals surface area contributed by atoms with Gasteiger partial charge in [-0.15, -0.1) is 11.3 Å². The second-order valence-electron chi connectivity index (χ2n) is 5.71. The number of nitrogens with one attached hydrogen (secondary N) is 2. The van der Waals surface area contributed by atoms with Gasteiger partial charge in [0, 0.05) is 37.0 Å². The molecule has 3 amide bonds. The third kappa shape index (κ3) is 3.73. The largest absolute Gasteiger partial charge is 0.359 e. The van der Waals surface area contributed by atoms with Crippen LogP contribution in [0.15, 0.2) is 35.7 Å². The number of aromatic nitrogens is 1. The highest BCUT2D eigenvalue weighted by atomic mass is 32.1. The van der Waals surface area contributed by atoms with Crippen molar-refractivity contribution < 1.29 is 9.59 Å². The maximum atomic E-state index is 12.3. The molecule has 1 aliphatic heterocycles. The lowest BCUT2D eigenvalue weighted by atomic mass is 9.96. The highest BCUT2D eigenvalue weighted by Crippen LogP contribution is 2.25. The molecule has 0 bridgehead atoms. The fourth-order valence-corrected chi connectivity index (χ4v) is 3.50. The number of carbonyl (C=O) groups excluding carboxylic acids is 2. The van der Waals surface area contributed by atoms with Crippen LogP contribution in [0.1, 0.15) is 12.8 Å². The van der Waals surface area contributed by atoms with Gasteiger partial charge in [-0.25, -0.2) is 9.78 Å². The molecule has 0 aliphatic carbocycles. The topological polar surface area (TPSA) is 74.3 Å². The predicted molar refractivity (Wildman–Crippen MR) is 94.9 cm³/mol. The van der Waals surface area contributed by atoms with Crippen molar-refractivity contribution in [3.63, 3.8) is 0 Å². The number of piperidine rings is 1. The standard InChI is InChI=1S/C17H20N4O2S/c1-18-15(22)13-7-9-21(10-8-13)17(23)20-16-19-14(11-24-16)12-5-3-2-4-6-12/h2-6,11,13H,7-10H2,1H3,(H,18,22)(H,19,20,23). The molecular formula is C17H20N4O2S. The molecule has 1 fully saturated rings. The number of nitrogens with zero attached hydrogens (tertiary/aromatic N) is 2. The third-order valence-electron chi connectivity index (χ3n) is 4.19. The summed E-state index contributed by atoms with van der Waals surface area (Å²) in [7, 11) is 1.65. The Morgan fingerprint density at radius 1 is 1.21 bits per heavy atom. The van der Waals surface area contributed by atoms with Crippen molar-refractivity contribution in [2.45, 2.75) is 12.8 Å². The second-order valence-corrected chi connectivity index (χ2v) is 6.57. The van der Waals surface area contributed by atoms with Crippen LogP contribution in [-0.4, -0.2) is 42.0 Å². The molecule has 1 aliphatic rings. The fourth-order valence-electron chi connectivity index (χ4n) is 2.79. The first-order chi connectivity index (χ1) is 11.7. The summed E-state index contributed by atoms with van der Waals surface area (Å²) in [6.45, 7) is 1.17. The molecule has 1 aromatic heterocycles. The maximum Gasteiger partial charge on any atom is 0.323 e. The quantitative estimate of drug-likeness (QED) is 0.899. The number of thiazole rings is 1. The molecule has 6 nitrogen and oxygen atoms in total. The summed E-state index contributed by atoms with van der Waals surface area (Å²) < 4.78 is 0. The van der Waals surface area contributed by atoms with Crippen LogP contribution in [0.2, 0.25) is 0 Å². The van der Waals surface area contributed by atoms with E-state index in [9.17, 15) is 9.59 Å². The number of hydrogen-bond acceptors (Lipinski definition) is 4. The molecule has 0 saturated carbocycles. The van der Waals surface area contributed by atoms with Crippen LogP contribution in [0.3, 0.4) is 0 Å². The lowest BCUT2D eigenvalue weighted by molar-refractivity contribution is -0.125. The van der Waals surface area contributed by atoms with E-state index in [0.29, 0.717) is 31.1 Å². The molecular weight excluding hydrogens is 324 g/mol. The molecule has 2 heterocycles. The zero-order valence-electron chi connectivity index (χ0n) is 13.5. The number of urea groups is 1. The summed E-state index contributed by atoms with van der Waals surface area (Å²) in [5, 5.41) is 8.05. The van der Waals surface area contributed by atoms with Crippen molar-refractivity contribution in [3.05, 3.63) is 35.7 Å². The predicted octanol–water partition coefficient (Wildman–Crippen LogP) is 2.80. The van der Waals surface area contributed by atoms with E-state index in [0.717, 1.165) is 11.3 Å². The van der Waals surface area contributed by atoms with E-state index in [-0.39, 0.29) is 17.9 Å². The Balaban J connectivity index is 1.56. The first-order valence-corrected chi connectivity index (χ1v) is 8.84. The molecule has 0 atom stereocenters. The Hall–Kier alpha value is -2.41. The van der Waals surface area contributed by atoms with Crippen molar-refractivity contribution in [3.8, 4) is 11.3 Å². The van der Waals surface area contributed by atoms with Crippen LogP contribution in [0, 0.1) is 5.92 Å². The lowest BCUT2D eigenvalue weighted by Gasteiger charge is -2.30. The van der Waals surface area contributed by atoms with E-state index in [2.05, 4.69) is 15.6 Å². The Labute approximate surface area is 144 Å². The van der Waals surface area contributed by atoms with Crippen molar-refractivity contribution >= 4 is 28.4 Å². The van der Waals surface area contributed by atoms with Crippen LogP contribution in [0.4, 0.5) is 9.93 Å². The minimum Gasteiger partial charge on any atom is -0.359 e. The van der Waals surface area contributed by atoms with Gasteiger partial charge in [-0.3, -0.25) is 10.1 Å². The average Bonchev–Trinajstić information content (AvgIpc) is 3.10. The molecule has 0 spiro atoms. The van der Waals surface area contributed by atoms with Gasteiger partial charge in [0.05, 0.1) is 5.69 Å². The monoisotopic (exact) mass is 344 g/mol. The van der Waals surface area contributed by atoms with Crippen molar-refractivity contribution in [2.75, 3.05) is 25.5 Å². The van der Waals surface area contributed by atoms with E-state index in [1.807, 2.05) is 35.7 Å². The summed E-state index contributed by atoms with van der Waals surface area (Å²) in [6.07, 6.45) is 1.39. The second kappa shape index (κ2) is 7.44. The highest BCUT2D eigenvalue weighted by molar-refractivity contribution is 7.14.